The van der Waals surface area contributed by atoms with Crippen LogP contribution < -0.4 is 31.6 Å². The highest BCUT2D eigenvalue weighted by Gasteiger charge is 2.31. The van der Waals surface area contributed by atoms with Gasteiger partial charge in [-0.3, -0.25) is 15.0 Å². The number of aliphatic hydroxyl groups is 1. The summed E-state index contributed by atoms with van der Waals surface area (Å²) in [5.41, 5.74) is 10.5. The highest BCUT2D eigenvalue weighted by molar-refractivity contribution is 6.33. The van der Waals surface area contributed by atoms with Crippen LogP contribution in [0.3, 0.4) is 0 Å². The molecule has 1 aliphatic carbocycles. The van der Waals surface area contributed by atoms with Crippen LogP contribution in [0.1, 0.15) is 48.5 Å². The number of carboxylic acid groups (broad SMARTS) is 1. The number of methoxy groups -OCH3 is 1. The summed E-state index contributed by atoms with van der Waals surface area (Å²) >= 11 is 6.56. The molecule has 304 valence electrons. The number of nitrogens with one attached hydrogen (secondary N) is 3. The van der Waals surface area contributed by atoms with Crippen molar-refractivity contribution in [1.29, 1.82) is 0 Å². The van der Waals surface area contributed by atoms with Crippen molar-refractivity contribution in [2.45, 2.75) is 56.8 Å². The molecule has 4 aromatic carbocycles. The molecule has 0 bridgehead atoms. The number of phenols is 1. The van der Waals surface area contributed by atoms with E-state index in [0.29, 0.717) is 47.2 Å². The average Bonchev–Trinajstić information content (AvgIpc) is 3.17. The Kier molecular flexibility index (Phi) is 16.0. The molecule has 57 heavy (non-hydrogen) atoms. The van der Waals surface area contributed by atoms with Gasteiger partial charge in [-0.05, 0) is 66.6 Å². The minimum absolute atomic E-state index is 0. The largest absolute Gasteiger partial charge is 0.506 e. The summed E-state index contributed by atoms with van der Waals surface area (Å²) in [5.74, 6) is 0.338. The molecule has 1 saturated carbocycles. The van der Waals surface area contributed by atoms with E-state index in [4.69, 9.17) is 26.8 Å². The van der Waals surface area contributed by atoms with E-state index in [0.717, 1.165) is 29.5 Å². The number of fused-ring (bicyclic) bond motifs is 1. The van der Waals surface area contributed by atoms with Gasteiger partial charge in [0.05, 0.1) is 41.7 Å². The zero-order chi connectivity index (χ0) is 39.1. The number of ether oxygens (including phenoxy) is 2. The van der Waals surface area contributed by atoms with Crippen molar-refractivity contribution in [2.24, 2.45) is 5.73 Å². The fourth-order valence-corrected chi connectivity index (χ4v) is 7.27. The lowest BCUT2D eigenvalue weighted by atomic mass is 9.89. The van der Waals surface area contributed by atoms with Gasteiger partial charge in [-0.15, -0.1) is 24.8 Å². The van der Waals surface area contributed by atoms with Crippen LogP contribution in [-0.2, 0) is 17.7 Å². The number of H-pyrrole nitrogens is 1. The Hall–Kier alpha value is -5.02. The van der Waals surface area contributed by atoms with Gasteiger partial charge in [0.2, 0.25) is 5.56 Å². The van der Waals surface area contributed by atoms with Crippen LogP contribution in [0.5, 0.6) is 11.5 Å². The quantitative estimate of drug-likeness (QED) is 0.0615. The second-order valence-corrected chi connectivity index (χ2v) is 13.9. The summed E-state index contributed by atoms with van der Waals surface area (Å²) in [6.07, 6.45) is 0.466. The Morgan fingerprint density at radius 2 is 1.74 bits per heavy atom. The second kappa shape index (κ2) is 20.4. The smallest absolute Gasteiger partial charge is 0.412 e. The van der Waals surface area contributed by atoms with Gasteiger partial charge in [-0.25, -0.2) is 9.59 Å². The maximum atomic E-state index is 12.9. The molecule has 0 radical (unpaired) electrons. The molecular weight excluding hydrogens is 797 g/mol. The molecule has 1 atom stereocenters. The van der Waals surface area contributed by atoms with Crippen LogP contribution in [0.4, 0.5) is 21.0 Å². The number of aromatic amines is 1. The Balaban J connectivity index is 0.00000360. The molecule has 8 N–H and O–H groups in total. The number of pyridine rings is 1. The lowest BCUT2D eigenvalue weighted by Gasteiger charge is -2.35. The molecule has 0 aliphatic heterocycles. The molecule has 1 aliphatic rings. The Labute approximate surface area is 347 Å². The van der Waals surface area contributed by atoms with E-state index >= 15 is 0 Å². The number of amides is 2. The van der Waals surface area contributed by atoms with E-state index in [2.05, 4.69) is 15.6 Å². The van der Waals surface area contributed by atoms with Crippen LogP contribution in [0.25, 0.3) is 22.0 Å². The van der Waals surface area contributed by atoms with Gasteiger partial charge in [-0.2, -0.15) is 0 Å². The normalized spacial score (nSPS) is 15.4. The maximum Gasteiger partial charge on any atom is 0.412 e. The lowest BCUT2D eigenvalue weighted by Crippen LogP contribution is -2.44. The third kappa shape index (κ3) is 10.9. The van der Waals surface area contributed by atoms with E-state index in [1.807, 2.05) is 48.5 Å². The molecule has 6 rings (SSSR count). The monoisotopic (exact) mass is 841 g/mol. The van der Waals surface area contributed by atoms with E-state index in [-0.39, 0.29) is 84.1 Å². The molecule has 0 unspecified atom stereocenters. The van der Waals surface area contributed by atoms with Crippen LogP contribution in [0.2, 0.25) is 5.02 Å². The van der Waals surface area contributed by atoms with Crippen molar-refractivity contribution >= 4 is 70.9 Å². The first-order chi connectivity index (χ1) is 26.5. The molecule has 2 amide bonds. The summed E-state index contributed by atoms with van der Waals surface area (Å²) in [6, 6.07) is 24.3. The molecule has 0 spiro atoms. The second-order valence-electron chi connectivity index (χ2n) is 13.5. The highest BCUT2D eigenvalue weighted by Crippen LogP contribution is 2.37. The number of phenolic OH excluding ortho intramolecular Hbond substituents is 1. The van der Waals surface area contributed by atoms with E-state index in [1.54, 1.807) is 24.3 Å². The van der Waals surface area contributed by atoms with Crippen LogP contribution in [0, 0.1) is 0 Å². The fraction of sp³-hybridized carbons (Fsp3) is 0.293. The number of halogens is 3. The minimum atomic E-state index is -1.03. The summed E-state index contributed by atoms with van der Waals surface area (Å²) in [7, 11) is 1.49. The number of nitrogens with two attached hydrogens (primary N) is 1. The van der Waals surface area contributed by atoms with Gasteiger partial charge in [0.25, 0.3) is 0 Å². The molecule has 1 heterocycles. The standard InChI is InChI=1S/C41H44ClN5O8.2ClH/c1-54-37-21-33(32(42)20-26(37)22-44-23-36(49)30-13-15-35(48)39-31(30)14-16-38(50)46-39)45-40(51)55-18-17-24-7-12-29(25-5-3-2-4-6-25)34(19-24)47(41(52)53)28-10-8-27(43)9-11-28;;/h2-7,12-16,19-21,27-28,36,44,48-49H,8-11,17-18,22-23,43H2,1H3,(H,45,51)(H,46,50)(H,52,53);2*1H/t27?,28?,36-;;/m1../s1. The first-order valence-corrected chi connectivity index (χ1v) is 18.4. The molecular formula is C41H46Cl3N5O8. The first kappa shape index (κ1) is 44.7. The van der Waals surface area contributed by atoms with Gasteiger partial charge < -0.3 is 40.8 Å². The molecule has 0 saturated heterocycles. The van der Waals surface area contributed by atoms with E-state index < -0.39 is 18.3 Å². The minimum Gasteiger partial charge on any atom is -0.506 e. The number of rotatable bonds is 13. The van der Waals surface area contributed by atoms with Crippen LogP contribution in [-0.4, -0.2) is 64.8 Å². The number of benzene rings is 4. The number of hydrogen-bond acceptors (Lipinski definition) is 9. The lowest BCUT2D eigenvalue weighted by molar-refractivity contribution is 0.163. The van der Waals surface area contributed by atoms with E-state index in [1.165, 1.54) is 24.1 Å². The first-order valence-electron chi connectivity index (χ1n) is 18.0. The Bertz CT molecular complexity index is 2220. The average molecular weight is 843 g/mol. The van der Waals surface area contributed by atoms with Crippen molar-refractivity contribution < 1.29 is 34.4 Å². The molecule has 13 nitrogen and oxygen atoms in total. The molecule has 1 fully saturated rings. The van der Waals surface area contributed by atoms with Crippen molar-refractivity contribution in [3.05, 3.63) is 117 Å². The van der Waals surface area contributed by atoms with Gasteiger partial charge in [-0.1, -0.05) is 60.1 Å². The number of carbonyl (C=O) groups is 2. The number of nitrogens with zero attached hydrogens (tertiary/aromatic N) is 1. The van der Waals surface area contributed by atoms with Crippen molar-refractivity contribution in [1.82, 2.24) is 10.3 Å². The number of aromatic nitrogens is 1. The highest BCUT2D eigenvalue weighted by atomic mass is 35.5. The fourth-order valence-electron chi connectivity index (χ4n) is 7.04. The predicted molar refractivity (Wildman–Crippen MR) is 227 cm³/mol. The SMILES string of the molecule is COc1cc(NC(=O)OCCc2ccc(-c3ccccc3)c(N(C(=O)O)C3CCC(N)CC3)c2)c(Cl)cc1CNC[C@@H](O)c1ccc(O)c2[nH]c(=O)ccc12.Cl.Cl. The van der Waals surface area contributed by atoms with E-state index in [9.17, 15) is 29.7 Å². The number of aromatic hydroxyl groups is 1. The summed E-state index contributed by atoms with van der Waals surface area (Å²) in [6.45, 7) is 0.412. The number of aliphatic hydroxyl groups excluding tert-OH is 1. The Morgan fingerprint density at radius 3 is 2.44 bits per heavy atom. The van der Waals surface area contributed by atoms with Crippen molar-refractivity contribution in [3.8, 4) is 22.6 Å². The summed E-state index contributed by atoms with van der Waals surface area (Å²) in [5, 5.41) is 38.1. The van der Waals surface area contributed by atoms with Crippen LogP contribution in [0.15, 0.2) is 89.7 Å². The van der Waals surface area contributed by atoms with Gasteiger partial charge in [0.1, 0.15) is 11.5 Å². The molecule has 1 aromatic heterocycles. The summed E-state index contributed by atoms with van der Waals surface area (Å²) < 4.78 is 11.1. The van der Waals surface area contributed by atoms with Gasteiger partial charge >= 0.3 is 12.2 Å². The summed E-state index contributed by atoms with van der Waals surface area (Å²) in [4.78, 5) is 41.4. The van der Waals surface area contributed by atoms with Gasteiger partial charge in [0, 0.05) is 60.2 Å². The topological polar surface area (TPSA) is 199 Å². The third-order valence-electron chi connectivity index (χ3n) is 9.87. The number of anilines is 2. The van der Waals surface area contributed by atoms with Crippen molar-refractivity contribution in [3.63, 3.8) is 0 Å². The maximum absolute atomic E-state index is 12.9. The van der Waals surface area contributed by atoms with Crippen molar-refractivity contribution in [2.75, 3.05) is 30.5 Å². The van der Waals surface area contributed by atoms with Gasteiger partial charge in [0.15, 0.2) is 0 Å². The zero-order valence-corrected chi connectivity index (χ0v) is 33.5. The molecule has 16 heteroatoms. The third-order valence-corrected chi connectivity index (χ3v) is 10.2. The van der Waals surface area contributed by atoms with Crippen LogP contribution >= 0.6 is 36.4 Å². The zero-order valence-electron chi connectivity index (χ0n) is 31.1. The molecule has 5 aromatic rings. The predicted octanol–water partition coefficient (Wildman–Crippen LogP) is 7.78. The number of carbonyl (C=O) groups excluding carboxylic acids is 1. The number of hydrogen-bond donors (Lipinski definition) is 7. The Morgan fingerprint density at radius 1 is 1.00 bits per heavy atom.